The maximum atomic E-state index is 10.6. The Morgan fingerprint density at radius 3 is 2.45 bits per heavy atom. The molecule has 0 aromatic heterocycles. The van der Waals surface area contributed by atoms with E-state index in [0.717, 1.165) is 59.6 Å². The first-order valence-corrected chi connectivity index (χ1v) is 12.8. The largest absolute Gasteiger partial charge is 0.390 e. The number of hydrogen-bond donors (Lipinski definition) is 2. The van der Waals surface area contributed by atoms with Crippen LogP contribution in [0.1, 0.15) is 84.1 Å². The molecule has 5 rings (SSSR count). The van der Waals surface area contributed by atoms with Crippen LogP contribution < -0.4 is 5.32 Å². The lowest BCUT2D eigenvalue weighted by atomic mass is 9.49. The molecule has 3 heteroatoms. The highest BCUT2D eigenvalue weighted by atomic mass is 16.3. The molecular formula is C28H40N2O. The Kier molecular flexibility index (Phi) is 5.37. The lowest BCUT2D eigenvalue weighted by molar-refractivity contribution is -0.100. The summed E-state index contributed by atoms with van der Waals surface area (Å²) in [6.45, 7) is 7.06. The van der Waals surface area contributed by atoms with Gasteiger partial charge in [0.15, 0.2) is 0 Å². The van der Waals surface area contributed by atoms with E-state index < -0.39 is 5.60 Å². The highest BCUT2D eigenvalue weighted by Crippen LogP contribution is 2.65. The normalized spacial score (nSPS) is 45.0. The second-order valence-electron chi connectivity index (χ2n) is 12.0. The Labute approximate surface area is 188 Å². The second-order valence-corrected chi connectivity index (χ2v) is 12.0. The third-order valence-corrected chi connectivity index (χ3v) is 10.3. The predicted molar refractivity (Wildman–Crippen MR) is 125 cm³/mol. The summed E-state index contributed by atoms with van der Waals surface area (Å²) in [5, 5.41) is 23.5. The number of benzene rings is 1. The topological polar surface area (TPSA) is 56.0 Å². The quantitative estimate of drug-likeness (QED) is 0.596. The molecule has 3 nitrogen and oxygen atoms in total. The zero-order valence-electron chi connectivity index (χ0n) is 19.6. The fourth-order valence-electron chi connectivity index (χ4n) is 8.95. The van der Waals surface area contributed by atoms with E-state index in [1.54, 1.807) is 0 Å². The van der Waals surface area contributed by atoms with Crippen molar-refractivity contribution in [1.82, 2.24) is 0 Å². The fourth-order valence-corrected chi connectivity index (χ4v) is 8.95. The van der Waals surface area contributed by atoms with Gasteiger partial charge in [-0.25, -0.2) is 0 Å². The van der Waals surface area contributed by atoms with E-state index in [-0.39, 0.29) is 0 Å². The van der Waals surface area contributed by atoms with Gasteiger partial charge < -0.3 is 10.4 Å². The van der Waals surface area contributed by atoms with Crippen LogP contribution in [-0.2, 0) is 0 Å². The lowest BCUT2D eigenvalue weighted by Gasteiger charge is -2.57. The summed E-state index contributed by atoms with van der Waals surface area (Å²) in [7, 11) is 0. The molecule has 4 saturated carbocycles. The van der Waals surface area contributed by atoms with Crippen molar-refractivity contribution in [2.24, 2.45) is 40.9 Å². The summed E-state index contributed by atoms with van der Waals surface area (Å²) >= 11 is 0. The first-order chi connectivity index (χ1) is 14.8. The van der Waals surface area contributed by atoms with Crippen molar-refractivity contribution in [1.29, 1.82) is 5.26 Å². The van der Waals surface area contributed by atoms with Gasteiger partial charge in [-0.3, -0.25) is 0 Å². The monoisotopic (exact) mass is 420 g/mol. The molecule has 0 spiro atoms. The third kappa shape index (κ3) is 3.70. The van der Waals surface area contributed by atoms with Crippen molar-refractivity contribution in [2.75, 3.05) is 5.32 Å². The molecule has 0 aliphatic heterocycles. The van der Waals surface area contributed by atoms with E-state index in [4.69, 9.17) is 5.26 Å². The SMILES string of the molecule is C[C@@H](Nc1ccc(C#N)cc1)[C@H]1CC[C@H]2[C@@H]3CC[C@@H]4C[C@](C)(O)CC[C@@H]4[C@H]3CC[C@]12C. The van der Waals surface area contributed by atoms with Gasteiger partial charge in [-0.15, -0.1) is 0 Å². The van der Waals surface area contributed by atoms with Gasteiger partial charge in [0.05, 0.1) is 17.2 Å². The van der Waals surface area contributed by atoms with Crippen molar-refractivity contribution in [3.63, 3.8) is 0 Å². The van der Waals surface area contributed by atoms with E-state index in [1.165, 1.54) is 44.9 Å². The summed E-state index contributed by atoms with van der Waals surface area (Å²) in [6, 6.07) is 10.6. The molecule has 4 aliphatic rings. The molecule has 0 bridgehead atoms. The van der Waals surface area contributed by atoms with Crippen molar-refractivity contribution >= 4 is 5.69 Å². The fraction of sp³-hybridized carbons (Fsp3) is 0.750. The van der Waals surface area contributed by atoms with Crippen LogP contribution in [0.25, 0.3) is 0 Å². The van der Waals surface area contributed by atoms with Gasteiger partial charge in [-0.05, 0) is 137 Å². The van der Waals surface area contributed by atoms with Gasteiger partial charge in [0.25, 0.3) is 0 Å². The molecule has 2 N–H and O–H groups in total. The van der Waals surface area contributed by atoms with Gasteiger partial charge in [0.2, 0.25) is 0 Å². The number of hydrogen-bond acceptors (Lipinski definition) is 3. The molecule has 1 aromatic carbocycles. The van der Waals surface area contributed by atoms with Crippen LogP contribution in [0.5, 0.6) is 0 Å². The summed E-state index contributed by atoms with van der Waals surface area (Å²) < 4.78 is 0. The molecular weight excluding hydrogens is 380 g/mol. The van der Waals surface area contributed by atoms with Crippen LogP contribution in [0.2, 0.25) is 0 Å². The van der Waals surface area contributed by atoms with Crippen molar-refractivity contribution < 1.29 is 5.11 Å². The first kappa shape index (κ1) is 21.3. The molecule has 0 saturated heterocycles. The third-order valence-electron chi connectivity index (χ3n) is 10.3. The van der Waals surface area contributed by atoms with Crippen LogP contribution in [-0.4, -0.2) is 16.7 Å². The minimum atomic E-state index is -0.415. The minimum absolute atomic E-state index is 0.415. The molecule has 0 heterocycles. The molecule has 0 radical (unpaired) electrons. The average Bonchev–Trinajstić information content (AvgIpc) is 3.10. The predicted octanol–water partition coefficient (Wildman–Crippen LogP) is 6.38. The van der Waals surface area contributed by atoms with Gasteiger partial charge in [-0.1, -0.05) is 6.92 Å². The number of nitrogens with zero attached hydrogens (tertiary/aromatic N) is 1. The summed E-state index contributed by atoms with van der Waals surface area (Å²) in [6.07, 6.45) is 11.6. The molecule has 0 amide bonds. The number of anilines is 1. The van der Waals surface area contributed by atoms with Crippen LogP contribution >= 0.6 is 0 Å². The Bertz CT molecular complexity index is 840. The van der Waals surface area contributed by atoms with Gasteiger partial charge in [0, 0.05) is 11.7 Å². The van der Waals surface area contributed by atoms with E-state index in [0.29, 0.717) is 11.5 Å². The molecule has 0 unspecified atom stereocenters. The maximum absolute atomic E-state index is 10.6. The summed E-state index contributed by atoms with van der Waals surface area (Å²) in [5.41, 5.74) is 1.90. The van der Waals surface area contributed by atoms with Crippen molar-refractivity contribution in [3.05, 3.63) is 29.8 Å². The van der Waals surface area contributed by atoms with E-state index in [9.17, 15) is 5.11 Å². The number of rotatable bonds is 3. The molecule has 1 aromatic rings. The zero-order valence-corrected chi connectivity index (χ0v) is 19.6. The maximum Gasteiger partial charge on any atom is 0.0991 e. The average molecular weight is 421 g/mol. The number of aliphatic hydroxyl groups is 1. The van der Waals surface area contributed by atoms with E-state index in [1.807, 2.05) is 12.1 Å². The van der Waals surface area contributed by atoms with Crippen molar-refractivity contribution in [3.8, 4) is 6.07 Å². The van der Waals surface area contributed by atoms with Crippen LogP contribution in [0.15, 0.2) is 24.3 Å². The summed E-state index contributed by atoms with van der Waals surface area (Å²) in [5.74, 6) is 5.06. The Balaban J connectivity index is 1.29. The zero-order chi connectivity index (χ0) is 21.8. The second kappa shape index (κ2) is 7.80. The standard InChI is InChI=1S/C28H40N2O/c1-18(30-21-7-4-19(17-29)5-8-21)25-10-11-26-24-9-6-20-16-27(2,31)14-12-22(20)23(24)13-15-28(25,26)3/h4-5,7-8,18,20,22-26,30-31H,6,9-16H2,1-3H3/t18-,20-,22+,23-,24-,25-,26+,27-,28-/m1/s1. The van der Waals surface area contributed by atoms with E-state index in [2.05, 4.69) is 44.3 Å². The molecule has 9 atom stereocenters. The van der Waals surface area contributed by atoms with Gasteiger partial charge >= 0.3 is 0 Å². The van der Waals surface area contributed by atoms with Crippen LogP contribution in [0.4, 0.5) is 5.69 Å². The van der Waals surface area contributed by atoms with E-state index >= 15 is 0 Å². The Morgan fingerprint density at radius 2 is 1.71 bits per heavy atom. The summed E-state index contributed by atoms with van der Waals surface area (Å²) in [4.78, 5) is 0. The van der Waals surface area contributed by atoms with Gasteiger partial charge in [-0.2, -0.15) is 5.26 Å². The molecule has 31 heavy (non-hydrogen) atoms. The van der Waals surface area contributed by atoms with Gasteiger partial charge in [0.1, 0.15) is 0 Å². The van der Waals surface area contributed by atoms with Crippen LogP contribution in [0.3, 0.4) is 0 Å². The number of fused-ring (bicyclic) bond motifs is 5. The minimum Gasteiger partial charge on any atom is -0.390 e. The van der Waals surface area contributed by atoms with Crippen molar-refractivity contribution in [2.45, 2.75) is 90.2 Å². The smallest absolute Gasteiger partial charge is 0.0991 e. The highest BCUT2D eigenvalue weighted by molar-refractivity contribution is 5.48. The molecule has 168 valence electrons. The lowest BCUT2D eigenvalue weighted by Crippen LogP contribution is -2.51. The Hall–Kier alpha value is -1.53. The molecule has 4 aliphatic carbocycles. The highest BCUT2D eigenvalue weighted by Gasteiger charge is 2.58. The number of nitriles is 1. The van der Waals surface area contributed by atoms with Crippen LogP contribution in [0, 0.1) is 52.3 Å². The number of nitrogens with one attached hydrogen (secondary N) is 1. The first-order valence-electron chi connectivity index (χ1n) is 12.8. The Morgan fingerprint density at radius 1 is 0.968 bits per heavy atom. The molecule has 4 fully saturated rings.